The van der Waals surface area contributed by atoms with Crippen molar-refractivity contribution in [1.82, 2.24) is 21.3 Å². The van der Waals surface area contributed by atoms with Crippen molar-refractivity contribution < 1.29 is 23.9 Å². The van der Waals surface area contributed by atoms with Crippen LogP contribution in [0.4, 0.5) is 15.3 Å². The normalized spacial score (nSPS) is 26.8. The Kier molecular flexibility index (Phi) is 7.80. The third-order valence-electron chi connectivity index (χ3n) is 7.93. The maximum atomic E-state index is 13.5. The van der Waals surface area contributed by atoms with Crippen LogP contribution < -0.4 is 30.9 Å². The number of amides is 4. The molecule has 0 spiro atoms. The fourth-order valence-electron chi connectivity index (χ4n) is 6.19. The highest BCUT2D eigenvalue weighted by atomic mass is 32.2. The van der Waals surface area contributed by atoms with Crippen LogP contribution in [-0.2, 0) is 9.53 Å². The second-order valence-corrected chi connectivity index (χ2v) is 13.3. The molecule has 0 aromatic heterocycles. The fourth-order valence-corrected chi connectivity index (χ4v) is 7.59. The van der Waals surface area contributed by atoms with E-state index in [2.05, 4.69) is 21.3 Å². The molecular formula is C31H37N5O5S. The SMILES string of the molecule is CC(C)(C)OC(=O)N[C@@H]1CC[C@H](NC(=O)C2=C3NC(=O)N(c4ccc(Oc5ccccc5)cc4)C4CCNC(S2)C34)C1. The summed E-state index contributed by atoms with van der Waals surface area (Å²) in [6.07, 6.45) is 2.49. The molecular weight excluding hydrogens is 554 g/mol. The molecule has 1 aliphatic carbocycles. The molecule has 2 aromatic carbocycles. The lowest BCUT2D eigenvalue weighted by Gasteiger charge is -2.45. The van der Waals surface area contributed by atoms with Gasteiger partial charge in [0, 0.05) is 29.4 Å². The first-order chi connectivity index (χ1) is 20.1. The smallest absolute Gasteiger partial charge is 0.407 e. The first-order valence-electron chi connectivity index (χ1n) is 14.5. The van der Waals surface area contributed by atoms with E-state index in [0.29, 0.717) is 22.8 Å². The van der Waals surface area contributed by atoms with E-state index < -0.39 is 11.7 Å². The number of benzene rings is 2. The Hall–Kier alpha value is -3.70. The molecule has 11 heteroatoms. The predicted molar refractivity (Wildman–Crippen MR) is 161 cm³/mol. The zero-order valence-corrected chi connectivity index (χ0v) is 24.8. The van der Waals surface area contributed by atoms with E-state index >= 15 is 0 Å². The number of nitrogens with one attached hydrogen (secondary N) is 4. The molecule has 222 valence electrons. The van der Waals surface area contributed by atoms with Crippen LogP contribution in [0.2, 0.25) is 0 Å². The van der Waals surface area contributed by atoms with Crippen molar-refractivity contribution in [2.24, 2.45) is 5.92 Å². The van der Waals surface area contributed by atoms with E-state index in [-0.39, 0.29) is 41.4 Å². The molecule has 3 aliphatic heterocycles. The number of carbonyl (C=O) groups is 3. The van der Waals surface area contributed by atoms with Gasteiger partial charge in [-0.2, -0.15) is 0 Å². The van der Waals surface area contributed by atoms with Crippen LogP contribution in [0.5, 0.6) is 11.5 Å². The Morgan fingerprint density at radius 2 is 1.64 bits per heavy atom. The molecule has 4 amide bonds. The summed E-state index contributed by atoms with van der Waals surface area (Å²) < 4.78 is 11.3. The number of para-hydroxylation sites is 1. The topological polar surface area (TPSA) is 121 Å². The van der Waals surface area contributed by atoms with E-state index in [0.717, 1.165) is 37.2 Å². The largest absolute Gasteiger partial charge is 0.457 e. The van der Waals surface area contributed by atoms with Crippen molar-refractivity contribution in [1.29, 1.82) is 0 Å². The molecule has 0 bridgehead atoms. The van der Waals surface area contributed by atoms with Crippen LogP contribution in [0, 0.1) is 5.92 Å². The van der Waals surface area contributed by atoms with Crippen molar-refractivity contribution in [3.05, 3.63) is 65.2 Å². The number of hydrogen-bond donors (Lipinski definition) is 4. The summed E-state index contributed by atoms with van der Waals surface area (Å²) in [5.74, 6) is 1.23. The van der Waals surface area contributed by atoms with Crippen LogP contribution in [-0.4, -0.2) is 53.7 Å². The Balaban J connectivity index is 1.12. The number of nitrogens with zero attached hydrogens (tertiary/aromatic N) is 1. The molecule has 3 heterocycles. The number of carbonyl (C=O) groups excluding carboxylic acids is 3. The third-order valence-corrected chi connectivity index (χ3v) is 9.28. The average molecular weight is 592 g/mol. The summed E-state index contributed by atoms with van der Waals surface area (Å²) in [4.78, 5) is 41.6. The lowest BCUT2D eigenvalue weighted by molar-refractivity contribution is -0.117. The number of ether oxygens (including phenoxy) is 2. The number of hydrogen-bond acceptors (Lipinski definition) is 7. The summed E-state index contributed by atoms with van der Waals surface area (Å²) in [6.45, 7) is 6.24. The van der Waals surface area contributed by atoms with Crippen molar-refractivity contribution in [3.63, 3.8) is 0 Å². The zero-order valence-electron chi connectivity index (χ0n) is 24.0. The van der Waals surface area contributed by atoms with Gasteiger partial charge in [0.1, 0.15) is 17.1 Å². The van der Waals surface area contributed by atoms with Crippen molar-refractivity contribution in [3.8, 4) is 11.5 Å². The Labute approximate surface area is 250 Å². The number of piperidine rings is 1. The minimum absolute atomic E-state index is 0.00607. The molecule has 3 fully saturated rings. The van der Waals surface area contributed by atoms with Crippen molar-refractivity contribution in [2.75, 3.05) is 11.4 Å². The van der Waals surface area contributed by atoms with E-state index in [1.54, 1.807) is 0 Å². The van der Waals surface area contributed by atoms with Gasteiger partial charge in [-0.1, -0.05) is 30.0 Å². The standard InChI is InChI=1S/C31H37N5O5S/c1-31(2,3)41-30(39)34-19-10-9-18(17-19)33-27(37)26-25-24-23(15-16-32-28(24)42-26)36(29(38)35-25)20-11-13-22(14-12-20)40-21-7-5-4-6-8-21/h4-8,11-14,18-19,23-24,28,32H,9-10,15-17H2,1-3H3,(H,33,37)(H,34,39)(H,35,38)/t18-,19+,23?,24?,28?/m0/s1. The molecule has 2 saturated heterocycles. The monoisotopic (exact) mass is 591 g/mol. The first-order valence-corrected chi connectivity index (χ1v) is 15.4. The Morgan fingerprint density at radius 1 is 0.952 bits per heavy atom. The number of thioether (sulfide) groups is 1. The number of rotatable bonds is 6. The van der Waals surface area contributed by atoms with E-state index in [1.807, 2.05) is 80.3 Å². The number of alkyl carbamates (subject to hydrolysis) is 1. The van der Waals surface area contributed by atoms with Gasteiger partial charge in [-0.25, -0.2) is 9.59 Å². The van der Waals surface area contributed by atoms with Crippen molar-refractivity contribution >= 4 is 35.5 Å². The summed E-state index contributed by atoms with van der Waals surface area (Å²) in [5.41, 5.74) is 0.925. The predicted octanol–water partition coefficient (Wildman–Crippen LogP) is 4.83. The van der Waals surface area contributed by atoms with Gasteiger partial charge in [0.25, 0.3) is 5.91 Å². The molecule has 2 aromatic rings. The quantitative estimate of drug-likeness (QED) is 0.380. The molecule has 4 N–H and O–H groups in total. The van der Waals surface area contributed by atoms with Crippen LogP contribution in [0.25, 0.3) is 0 Å². The summed E-state index contributed by atoms with van der Waals surface area (Å²) in [5, 5.41) is 12.7. The van der Waals surface area contributed by atoms with Gasteiger partial charge in [0.2, 0.25) is 0 Å². The van der Waals surface area contributed by atoms with E-state index in [4.69, 9.17) is 9.47 Å². The van der Waals surface area contributed by atoms with Gasteiger partial charge in [-0.15, -0.1) is 0 Å². The highest BCUT2D eigenvalue weighted by molar-refractivity contribution is 8.04. The van der Waals surface area contributed by atoms with Crippen LogP contribution >= 0.6 is 11.8 Å². The van der Waals surface area contributed by atoms with Gasteiger partial charge in [0.05, 0.1) is 16.3 Å². The third kappa shape index (κ3) is 6.07. The first kappa shape index (κ1) is 28.4. The van der Waals surface area contributed by atoms with Gasteiger partial charge in [-0.3, -0.25) is 9.69 Å². The fraction of sp³-hybridized carbons (Fsp3) is 0.452. The zero-order chi connectivity index (χ0) is 29.4. The maximum Gasteiger partial charge on any atom is 0.407 e. The minimum atomic E-state index is -0.563. The number of urea groups is 1. The highest BCUT2D eigenvalue weighted by Crippen LogP contribution is 2.48. The minimum Gasteiger partial charge on any atom is -0.457 e. The highest BCUT2D eigenvalue weighted by Gasteiger charge is 2.51. The van der Waals surface area contributed by atoms with Gasteiger partial charge in [-0.05, 0) is 89.4 Å². The number of anilines is 1. The maximum absolute atomic E-state index is 13.5. The summed E-state index contributed by atoms with van der Waals surface area (Å²) in [6, 6.07) is 16.7. The average Bonchev–Trinajstić information content (AvgIpc) is 3.54. The Bertz CT molecular complexity index is 1380. The Morgan fingerprint density at radius 3 is 2.36 bits per heavy atom. The van der Waals surface area contributed by atoms with Crippen molar-refractivity contribution in [2.45, 2.75) is 75.6 Å². The van der Waals surface area contributed by atoms with E-state index in [9.17, 15) is 14.4 Å². The van der Waals surface area contributed by atoms with Gasteiger partial charge < -0.3 is 30.7 Å². The molecule has 4 aliphatic rings. The van der Waals surface area contributed by atoms with Crippen LogP contribution in [0.3, 0.4) is 0 Å². The van der Waals surface area contributed by atoms with E-state index in [1.165, 1.54) is 11.8 Å². The van der Waals surface area contributed by atoms with Crippen LogP contribution in [0.15, 0.2) is 65.2 Å². The molecule has 5 atom stereocenters. The van der Waals surface area contributed by atoms with Gasteiger partial charge in [0.15, 0.2) is 0 Å². The molecule has 10 nitrogen and oxygen atoms in total. The molecule has 42 heavy (non-hydrogen) atoms. The summed E-state index contributed by atoms with van der Waals surface area (Å²) >= 11 is 1.49. The molecule has 3 unspecified atom stereocenters. The molecule has 1 saturated carbocycles. The molecule has 0 radical (unpaired) electrons. The lowest BCUT2D eigenvalue weighted by atomic mass is 9.86. The lowest BCUT2D eigenvalue weighted by Crippen LogP contribution is -2.62. The second-order valence-electron chi connectivity index (χ2n) is 12.2. The summed E-state index contributed by atoms with van der Waals surface area (Å²) in [7, 11) is 0. The van der Waals surface area contributed by atoms with Crippen LogP contribution in [0.1, 0.15) is 46.5 Å². The second kappa shape index (κ2) is 11.5. The molecule has 6 rings (SSSR count). The van der Waals surface area contributed by atoms with Gasteiger partial charge >= 0.3 is 12.1 Å².